The highest BCUT2D eigenvalue weighted by atomic mass is 14.9. The summed E-state index contributed by atoms with van der Waals surface area (Å²) in [7, 11) is 0. The molecule has 0 radical (unpaired) electrons. The van der Waals surface area contributed by atoms with Crippen molar-refractivity contribution in [3.05, 3.63) is 35.4 Å². The fourth-order valence-corrected chi connectivity index (χ4v) is 2.53. The Kier molecular flexibility index (Phi) is 4.22. The first-order valence-corrected chi connectivity index (χ1v) is 6.99. The van der Waals surface area contributed by atoms with Gasteiger partial charge in [0.1, 0.15) is 0 Å². The molecule has 1 nitrogen and oxygen atoms in total. The standard InChI is InChI=1S/C16H25N/c1-12(2)13(3)11-17-16-10-6-8-14-7-4-5-9-15(14)16/h4-5,7,9,12-13,16-17H,6,8,10-11H2,1-3H3. The maximum Gasteiger partial charge on any atom is 0.0323 e. The molecule has 0 saturated carbocycles. The average Bonchev–Trinajstić information content (AvgIpc) is 2.35. The molecule has 0 spiro atoms. The first kappa shape index (κ1) is 12.6. The third-order valence-corrected chi connectivity index (χ3v) is 4.19. The molecular weight excluding hydrogens is 206 g/mol. The summed E-state index contributed by atoms with van der Waals surface area (Å²) in [5, 5.41) is 3.76. The summed E-state index contributed by atoms with van der Waals surface area (Å²) < 4.78 is 0. The van der Waals surface area contributed by atoms with Gasteiger partial charge in [0, 0.05) is 6.04 Å². The monoisotopic (exact) mass is 231 g/mol. The van der Waals surface area contributed by atoms with Crippen molar-refractivity contribution in [1.82, 2.24) is 5.32 Å². The van der Waals surface area contributed by atoms with E-state index in [1.807, 2.05) is 0 Å². The minimum atomic E-state index is 0.584. The Balaban J connectivity index is 1.99. The largest absolute Gasteiger partial charge is 0.310 e. The Morgan fingerprint density at radius 1 is 1.24 bits per heavy atom. The van der Waals surface area contributed by atoms with Gasteiger partial charge in [0.25, 0.3) is 0 Å². The Hall–Kier alpha value is -0.820. The van der Waals surface area contributed by atoms with Gasteiger partial charge in [-0.15, -0.1) is 0 Å². The Labute approximate surface area is 106 Å². The van der Waals surface area contributed by atoms with Gasteiger partial charge < -0.3 is 5.32 Å². The lowest BCUT2D eigenvalue weighted by Gasteiger charge is -2.28. The second-order valence-electron chi connectivity index (χ2n) is 5.77. The molecule has 1 aromatic rings. The minimum Gasteiger partial charge on any atom is -0.310 e. The van der Waals surface area contributed by atoms with Crippen LogP contribution < -0.4 is 5.32 Å². The zero-order valence-electron chi connectivity index (χ0n) is 11.4. The van der Waals surface area contributed by atoms with Crippen LogP contribution in [0.15, 0.2) is 24.3 Å². The van der Waals surface area contributed by atoms with E-state index >= 15 is 0 Å². The molecule has 0 amide bonds. The topological polar surface area (TPSA) is 12.0 Å². The van der Waals surface area contributed by atoms with E-state index in [1.165, 1.54) is 24.8 Å². The highest BCUT2D eigenvalue weighted by Gasteiger charge is 2.19. The molecule has 2 rings (SSSR count). The minimum absolute atomic E-state index is 0.584. The molecule has 1 aromatic carbocycles. The second kappa shape index (κ2) is 5.68. The van der Waals surface area contributed by atoms with Crippen molar-refractivity contribution in [2.24, 2.45) is 11.8 Å². The first-order chi connectivity index (χ1) is 8.18. The number of nitrogens with one attached hydrogen (secondary N) is 1. The van der Waals surface area contributed by atoms with Crippen molar-refractivity contribution in [1.29, 1.82) is 0 Å². The highest BCUT2D eigenvalue weighted by Crippen LogP contribution is 2.29. The van der Waals surface area contributed by atoms with Crippen LogP contribution in [-0.4, -0.2) is 6.54 Å². The highest BCUT2D eigenvalue weighted by molar-refractivity contribution is 5.32. The van der Waals surface area contributed by atoms with Crippen LogP contribution in [0.1, 0.15) is 50.8 Å². The molecular formula is C16H25N. The Morgan fingerprint density at radius 2 is 2.00 bits per heavy atom. The molecule has 94 valence electrons. The predicted molar refractivity (Wildman–Crippen MR) is 74.1 cm³/mol. The van der Waals surface area contributed by atoms with E-state index in [0.29, 0.717) is 6.04 Å². The van der Waals surface area contributed by atoms with Gasteiger partial charge in [0.15, 0.2) is 0 Å². The Bertz CT molecular complexity index is 356. The van der Waals surface area contributed by atoms with Gasteiger partial charge in [-0.1, -0.05) is 45.0 Å². The van der Waals surface area contributed by atoms with Crippen molar-refractivity contribution in [2.75, 3.05) is 6.54 Å². The van der Waals surface area contributed by atoms with Crippen LogP contribution in [0.3, 0.4) is 0 Å². The molecule has 0 aliphatic heterocycles. The van der Waals surface area contributed by atoms with Crippen LogP contribution in [0.4, 0.5) is 0 Å². The van der Waals surface area contributed by atoms with Crippen LogP contribution in [-0.2, 0) is 6.42 Å². The van der Waals surface area contributed by atoms with Crippen molar-refractivity contribution in [3.63, 3.8) is 0 Å². The maximum absolute atomic E-state index is 3.76. The summed E-state index contributed by atoms with van der Waals surface area (Å²) in [6.07, 6.45) is 3.88. The average molecular weight is 231 g/mol. The van der Waals surface area contributed by atoms with Gasteiger partial charge in [-0.05, 0) is 48.8 Å². The lowest BCUT2D eigenvalue weighted by atomic mass is 9.87. The van der Waals surface area contributed by atoms with Crippen LogP contribution in [0.5, 0.6) is 0 Å². The van der Waals surface area contributed by atoms with Gasteiger partial charge in [-0.25, -0.2) is 0 Å². The maximum atomic E-state index is 3.76. The van der Waals surface area contributed by atoms with E-state index in [-0.39, 0.29) is 0 Å². The molecule has 0 saturated heterocycles. The molecule has 0 aromatic heterocycles. The third-order valence-electron chi connectivity index (χ3n) is 4.19. The Morgan fingerprint density at radius 3 is 2.76 bits per heavy atom. The number of rotatable bonds is 4. The van der Waals surface area contributed by atoms with Crippen molar-refractivity contribution in [3.8, 4) is 0 Å². The predicted octanol–water partition coefficient (Wildman–Crippen LogP) is 3.95. The molecule has 1 N–H and O–H groups in total. The third kappa shape index (κ3) is 3.10. The van der Waals surface area contributed by atoms with Gasteiger partial charge in [0.05, 0.1) is 0 Å². The van der Waals surface area contributed by atoms with Crippen molar-refractivity contribution >= 4 is 0 Å². The van der Waals surface area contributed by atoms with Gasteiger partial charge in [-0.2, -0.15) is 0 Å². The summed E-state index contributed by atoms with van der Waals surface area (Å²) in [6.45, 7) is 8.09. The van der Waals surface area contributed by atoms with E-state index in [2.05, 4.69) is 50.4 Å². The van der Waals surface area contributed by atoms with Crippen LogP contribution in [0, 0.1) is 11.8 Å². The van der Waals surface area contributed by atoms with Crippen LogP contribution in [0.25, 0.3) is 0 Å². The van der Waals surface area contributed by atoms with Gasteiger partial charge in [0.2, 0.25) is 0 Å². The molecule has 1 aliphatic carbocycles. The van der Waals surface area contributed by atoms with Crippen molar-refractivity contribution in [2.45, 2.75) is 46.1 Å². The lowest BCUT2D eigenvalue weighted by Crippen LogP contribution is -2.30. The van der Waals surface area contributed by atoms with Crippen LogP contribution >= 0.6 is 0 Å². The normalized spacial score (nSPS) is 21.3. The molecule has 17 heavy (non-hydrogen) atoms. The fourth-order valence-electron chi connectivity index (χ4n) is 2.53. The van der Waals surface area contributed by atoms with E-state index in [0.717, 1.165) is 18.4 Å². The fraction of sp³-hybridized carbons (Fsp3) is 0.625. The smallest absolute Gasteiger partial charge is 0.0323 e. The van der Waals surface area contributed by atoms with Crippen molar-refractivity contribution < 1.29 is 0 Å². The zero-order valence-corrected chi connectivity index (χ0v) is 11.4. The first-order valence-electron chi connectivity index (χ1n) is 6.99. The summed E-state index contributed by atoms with van der Waals surface area (Å²) in [5.74, 6) is 1.52. The molecule has 1 heteroatoms. The number of fused-ring (bicyclic) bond motifs is 1. The lowest BCUT2D eigenvalue weighted by molar-refractivity contribution is 0.354. The zero-order chi connectivity index (χ0) is 12.3. The molecule has 1 aliphatic rings. The summed E-state index contributed by atoms with van der Waals surface area (Å²) in [6, 6.07) is 9.50. The summed E-state index contributed by atoms with van der Waals surface area (Å²) >= 11 is 0. The SMILES string of the molecule is CC(C)C(C)CNC1CCCc2ccccc21. The summed E-state index contributed by atoms with van der Waals surface area (Å²) in [5.41, 5.74) is 3.09. The van der Waals surface area contributed by atoms with E-state index < -0.39 is 0 Å². The molecule has 0 fully saturated rings. The number of aryl methyl sites for hydroxylation is 1. The molecule has 0 bridgehead atoms. The number of benzene rings is 1. The number of hydrogen-bond acceptors (Lipinski definition) is 1. The molecule has 0 heterocycles. The number of hydrogen-bond donors (Lipinski definition) is 1. The van der Waals surface area contributed by atoms with E-state index in [4.69, 9.17) is 0 Å². The molecule has 2 atom stereocenters. The second-order valence-corrected chi connectivity index (χ2v) is 5.77. The van der Waals surface area contributed by atoms with E-state index in [1.54, 1.807) is 5.56 Å². The molecule has 2 unspecified atom stereocenters. The van der Waals surface area contributed by atoms with Crippen LogP contribution in [0.2, 0.25) is 0 Å². The van der Waals surface area contributed by atoms with E-state index in [9.17, 15) is 0 Å². The van der Waals surface area contributed by atoms with Gasteiger partial charge >= 0.3 is 0 Å². The van der Waals surface area contributed by atoms with Gasteiger partial charge in [-0.3, -0.25) is 0 Å². The quantitative estimate of drug-likeness (QED) is 0.827. The summed E-state index contributed by atoms with van der Waals surface area (Å²) in [4.78, 5) is 0.